The first-order valence-electron chi connectivity index (χ1n) is 8.76. The SMILES string of the molecule is FC(F)(F)c1ccc(Nc2nc3cc(Oc4ccnc5[nH]ccc45)ccc3o2)nc1. The Hall–Kier alpha value is -4.08. The zero-order valence-corrected chi connectivity index (χ0v) is 15.1. The second-order valence-electron chi connectivity index (χ2n) is 6.35. The van der Waals surface area contributed by atoms with E-state index in [2.05, 4.69) is 25.3 Å². The van der Waals surface area contributed by atoms with Crippen molar-refractivity contribution in [3.8, 4) is 11.5 Å². The van der Waals surface area contributed by atoms with Gasteiger partial charge in [-0.15, -0.1) is 0 Å². The van der Waals surface area contributed by atoms with Crippen molar-refractivity contribution in [1.29, 1.82) is 0 Å². The van der Waals surface area contributed by atoms with Gasteiger partial charge in [0.1, 0.15) is 28.5 Å². The van der Waals surface area contributed by atoms with Crippen molar-refractivity contribution in [3.05, 3.63) is 66.6 Å². The summed E-state index contributed by atoms with van der Waals surface area (Å²) in [4.78, 5) is 15.3. The monoisotopic (exact) mass is 411 g/mol. The van der Waals surface area contributed by atoms with Gasteiger partial charge in [0.05, 0.1) is 10.9 Å². The van der Waals surface area contributed by atoms with Crippen LogP contribution in [0.5, 0.6) is 11.5 Å². The van der Waals surface area contributed by atoms with Gasteiger partial charge in [0.15, 0.2) is 5.58 Å². The van der Waals surface area contributed by atoms with Gasteiger partial charge in [-0.05, 0) is 36.4 Å². The van der Waals surface area contributed by atoms with Gasteiger partial charge in [-0.3, -0.25) is 5.32 Å². The summed E-state index contributed by atoms with van der Waals surface area (Å²) in [5.41, 5.74) is 0.880. The van der Waals surface area contributed by atoms with Crippen molar-refractivity contribution < 1.29 is 22.3 Å². The molecule has 4 aromatic heterocycles. The highest BCUT2D eigenvalue weighted by molar-refractivity contribution is 5.83. The smallest absolute Gasteiger partial charge is 0.417 e. The zero-order chi connectivity index (χ0) is 20.7. The van der Waals surface area contributed by atoms with Crippen molar-refractivity contribution in [2.75, 3.05) is 5.32 Å². The first kappa shape index (κ1) is 18.0. The third-order valence-electron chi connectivity index (χ3n) is 4.33. The molecule has 0 aliphatic heterocycles. The molecule has 0 saturated carbocycles. The van der Waals surface area contributed by atoms with E-state index >= 15 is 0 Å². The van der Waals surface area contributed by atoms with E-state index in [0.29, 0.717) is 28.2 Å². The molecule has 0 atom stereocenters. The fourth-order valence-electron chi connectivity index (χ4n) is 2.92. The van der Waals surface area contributed by atoms with Gasteiger partial charge in [0.2, 0.25) is 0 Å². The first-order valence-corrected chi connectivity index (χ1v) is 8.76. The molecule has 0 bridgehead atoms. The summed E-state index contributed by atoms with van der Waals surface area (Å²) in [7, 11) is 0. The lowest BCUT2D eigenvalue weighted by atomic mass is 10.3. The van der Waals surface area contributed by atoms with Crippen LogP contribution in [-0.2, 0) is 6.18 Å². The van der Waals surface area contributed by atoms with Crippen molar-refractivity contribution >= 4 is 34.0 Å². The maximum absolute atomic E-state index is 12.6. The van der Waals surface area contributed by atoms with E-state index in [0.717, 1.165) is 17.6 Å². The summed E-state index contributed by atoms with van der Waals surface area (Å²) in [6, 6.07) is 11.0. The van der Waals surface area contributed by atoms with Gasteiger partial charge < -0.3 is 14.1 Å². The van der Waals surface area contributed by atoms with Crippen LogP contribution in [0.1, 0.15) is 5.56 Å². The molecule has 0 fully saturated rings. The Morgan fingerprint density at radius 1 is 1.03 bits per heavy atom. The number of aromatic amines is 1. The number of ether oxygens (including phenoxy) is 1. The Balaban J connectivity index is 1.38. The Kier molecular flexibility index (Phi) is 4.05. The van der Waals surface area contributed by atoms with Gasteiger partial charge in [-0.2, -0.15) is 18.2 Å². The number of benzene rings is 1. The number of alkyl halides is 3. The number of nitrogens with zero attached hydrogens (tertiary/aromatic N) is 3. The molecule has 10 heteroatoms. The van der Waals surface area contributed by atoms with E-state index in [-0.39, 0.29) is 11.8 Å². The molecular formula is C20H12F3N5O2. The summed E-state index contributed by atoms with van der Waals surface area (Å²) in [6.45, 7) is 0. The molecular weight excluding hydrogens is 399 g/mol. The van der Waals surface area contributed by atoms with Crippen LogP contribution in [0, 0.1) is 0 Å². The average Bonchev–Trinajstić information content (AvgIpc) is 3.34. The lowest BCUT2D eigenvalue weighted by Crippen LogP contribution is -2.05. The molecule has 1 aromatic carbocycles. The minimum atomic E-state index is -4.44. The Morgan fingerprint density at radius 3 is 2.73 bits per heavy atom. The van der Waals surface area contributed by atoms with E-state index in [9.17, 15) is 13.2 Å². The number of hydrogen-bond acceptors (Lipinski definition) is 6. The number of nitrogens with one attached hydrogen (secondary N) is 2. The van der Waals surface area contributed by atoms with Gasteiger partial charge >= 0.3 is 12.2 Å². The van der Waals surface area contributed by atoms with Crippen LogP contribution in [0.2, 0.25) is 0 Å². The molecule has 0 aliphatic carbocycles. The fourth-order valence-corrected chi connectivity index (χ4v) is 2.92. The number of oxazole rings is 1. The Labute approximate surface area is 166 Å². The van der Waals surface area contributed by atoms with Gasteiger partial charge in [-0.1, -0.05) is 0 Å². The predicted octanol–water partition coefficient (Wildman–Crippen LogP) is 5.65. The number of halogens is 3. The third kappa shape index (κ3) is 3.39. The molecule has 0 spiro atoms. The highest BCUT2D eigenvalue weighted by atomic mass is 19.4. The van der Waals surface area contributed by atoms with E-state index in [4.69, 9.17) is 9.15 Å². The number of aromatic nitrogens is 4. The summed E-state index contributed by atoms with van der Waals surface area (Å²) >= 11 is 0. The minimum absolute atomic E-state index is 0.103. The molecule has 2 N–H and O–H groups in total. The number of H-pyrrole nitrogens is 1. The molecule has 0 amide bonds. The normalized spacial score (nSPS) is 11.8. The molecule has 7 nitrogen and oxygen atoms in total. The molecule has 30 heavy (non-hydrogen) atoms. The number of rotatable bonds is 4. The molecule has 0 saturated heterocycles. The number of anilines is 2. The highest BCUT2D eigenvalue weighted by Crippen LogP contribution is 2.32. The van der Waals surface area contributed by atoms with Crippen LogP contribution in [0.4, 0.5) is 25.0 Å². The first-order chi connectivity index (χ1) is 14.5. The molecule has 4 heterocycles. The van der Waals surface area contributed by atoms with E-state index < -0.39 is 11.7 Å². The van der Waals surface area contributed by atoms with Crippen LogP contribution in [0.15, 0.2) is 65.5 Å². The summed E-state index contributed by atoms with van der Waals surface area (Å²) in [6.07, 6.45) is -0.284. The average molecular weight is 411 g/mol. The Morgan fingerprint density at radius 2 is 1.93 bits per heavy atom. The zero-order valence-electron chi connectivity index (χ0n) is 15.1. The molecule has 5 rings (SSSR count). The second kappa shape index (κ2) is 6.76. The third-order valence-corrected chi connectivity index (χ3v) is 4.33. The van der Waals surface area contributed by atoms with Gasteiger partial charge in [0, 0.05) is 24.7 Å². The van der Waals surface area contributed by atoms with Crippen molar-refractivity contribution in [2.45, 2.75) is 6.18 Å². The second-order valence-corrected chi connectivity index (χ2v) is 6.35. The molecule has 5 aromatic rings. The van der Waals surface area contributed by atoms with Gasteiger partial charge in [-0.25, -0.2) is 9.97 Å². The lowest BCUT2D eigenvalue weighted by molar-refractivity contribution is -0.137. The quantitative estimate of drug-likeness (QED) is 0.397. The van der Waals surface area contributed by atoms with Crippen molar-refractivity contribution in [3.63, 3.8) is 0 Å². The van der Waals surface area contributed by atoms with Crippen LogP contribution < -0.4 is 10.1 Å². The van der Waals surface area contributed by atoms with E-state index in [1.165, 1.54) is 6.07 Å². The lowest BCUT2D eigenvalue weighted by Gasteiger charge is -2.06. The number of hydrogen-bond donors (Lipinski definition) is 2. The molecule has 0 aliphatic rings. The number of pyridine rings is 2. The fraction of sp³-hybridized carbons (Fsp3) is 0.0500. The van der Waals surface area contributed by atoms with Gasteiger partial charge in [0.25, 0.3) is 0 Å². The maximum Gasteiger partial charge on any atom is 0.417 e. The van der Waals surface area contributed by atoms with Crippen LogP contribution in [0.25, 0.3) is 22.1 Å². The topological polar surface area (TPSA) is 88.9 Å². The molecule has 0 unspecified atom stereocenters. The van der Waals surface area contributed by atoms with E-state index in [1.54, 1.807) is 36.7 Å². The summed E-state index contributed by atoms with van der Waals surface area (Å²) in [5, 5.41) is 3.59. The summed E-state index contributed by atoms with van der Waals surface area (Å²) in [5.74, 6) is 1.36. The maximum atomic E-state index is 12.6. The van der Waals surface area contributed by atoms with Crippen LogP contribution >= 0.6 is 0 Å². The largest absolute Gasteiger partial charge is 0.456 e. The number of fused-ring (bicyclic) bond motifs is 2. The van der Waals surface area contributed by atoms with Crippen molar-refractivity contribution in [2.24, 2.45) is 0 Å². The Bertz CT molecular complexity index is 1340. The summed E-state index contributed by atoms with van der Waals surface area (Å²) < 4.78 is 49.4. The van der Waals surface area contributed by atoms with Crippen LogP contribution in [-0.4, -0.2) is 19.9 Å². The van der Waals surface area contributed by atoms with E-state index in [1.807, 2.05) is 6.07 Å². The van der Waals surface area contributed by atoms with Crippen molar-refractivity contribution in [1.82, 2.24) is 19.9 Å². The molecule has 150 valence electrons. The van der Waals surface area contributed by atoms with Crippen LogP contribution in [0.3, 0.4) is 0 Å². The minimum Gasteiger partial charge on any atom is -0.456 e. The predicted molar refractivity (Wildman–Crippen MR) is 103 cm³/mol. The molecule has 0 radical (unpaired) electrons. The standard InChI is InChI=1S/C20H12F3N5O2/c21-20(22,23)11-1-4-17(26-10-11)28-19-27-14-9-12(2-3-16(14)30-19)29-15-6-8-25-18-13(15)5-7-24-18/h1-10H,(H,24,25)(H,26,27,28). The highest BCUT2D eigenvalue weighted by Gasteiger charge is 2.30.